The molecule has 1 aliphatic rings. The van der Waals surface area contributed by atoms with Crippen molar-refractivity contribution in [2.24, 2.45) is 0 Å². The van der Waals surface area contributed by atoms with Gasteiger partial charge in [-0.25, -0.2) is 18.2 Å². The van der Waals surface area contributed by atoms with Gasteiger partial charge in [0.05, 0.1) is 18.0 Å². The lowest BCUT2D eigenvalue weighted by molar-refractivity contribution is 0.0527. The van der Waals surface area contributed by atoms with Gasteiger partial charge >= 0.3 is 5.97 Å². The Hall–Kier alpha value is -1.77. The molecule has 2 aromatic rings. The third-order valence-corrected chi connectivity index (χ3v) is 7.34. The first kappa shape index (κ1) is 20.0. The largest absolute Gasteiger partial charge is 0.462 e. The predicted octanol–water partition coefficient (Wildman–Crippen LogP) is 3.45. The van der Waals surface area contributed by atoms with Crippen LogP contribution < -0.4 is 0 Å². The predicted molar refractivity (Wildman–Crippen MR) is 104 cm³/mol. The minimum absolute atomic E-state index is 0.0597. The minimum Gasteiger partial charge on any atom is -0.462 e. The average Bonchev–Trinajstić information content (AvgIpc) is 3.08. The van der Waals surface area contributed by atoms with Gasteiger partial charge in [-0.1, -0.05) is 24.1 Å². The van der Waals surface area contributed by atoms with Crippen molar-refractivity contribution in [1.29, 1.82) is 0 Å². The van der Waals surface area contributed by atoms with E-state index < -0.39 is 15.8 Å². The number of aryl methyl sites for hydroxylation is 1. The number of benzene rings is 1. The standard InChI is InChI=1S/C19H24N2O4S2/c1-3-25-19(22)17-18(27(23,24)15-9-7-14(2)8-10-15)20-16(26-17)13-21-11-5-4-6-12-21/h7-10H,3-6,11-13H2,1-2H3. The van der Waals surface area contributed by atoms with Crippen molar-refractivity contribution < 1.29 is 17.9 Å². The number of carbonyl (C=O) groups is 1. The van der Waals surface area contributed by atoms with Crippen LogP contribution in [-0.2, 0) is 21.1 Å². The van der Waals surface area contributed by atoms with Crippen molar-refractivity contribution in [3.05, 3.63) is 39.7 Å². The van der Waals surface area contributed by atoms with Crippen LogP contribution >= 0.6 is 11.3 Å². The number of likely N-dealkylation sites (tertiary alicyclic amines) is 1. The number of nitrogens with zero attached hydrogens (tertiary/aromatic N) is 2. The molecule has 0 aliphatic carbocycles. The Labute approximate surface area is 164 Å². The van der Waals surface area contributed by atoms with Crippen LogP contribution in [0.4, 0.5) is 0 Å². The van der Waals surface area contributed by atoms with Crippen LogP contribution in [0.1, 0.15) is 46.4 Å². The third kappa shape index (κ3) is 4.56. The van der Waals surface area contributed by atoms with E-state index in [0.29, 0.717) is 11.6 Å². The van der Waals surface area contributed by atoms with E-state index in [-0.39, 0.29) is 21.4 Å². The van der Waals surface area contributed by atoms with Crippen molar-refractivity contribution in [1.82, 2.24) is 9.88 Å². The van der Waals surface area contributed by atoms with Crippen molar-refractivity contribution in [2.75, 3.05) is 19.7 Å². The molecule has 3 rings (SSSR count). The number of carbonyl (C=O) groups excluding carboxylic acids is 1. The van der Waals surface area contributed by atoms with Gasteiger partial charge in [0, 0.05) is 0 Å². The summed E-state index contributed by atoms with van der Waals surface area (Å²) in [5.41, 5.74) is 0.962. The molecule has 2 heterocycles. The molecule has 0 spiro atoms. The number of hydrogen-bond donors (Lipinski definition) is 0. The Morgan fingerprint density at radius 3 is 2.48 bits per heavy atom. The number of thiazole rings is 1. The smallest absolute Gasteiger partial charge is 0.351 e. The first-order valence-electron chi connectivity index (χ1n) is 9.12. The second-order valence-corrected chi connectivity index (χ2v) is 9.56. The summed E-state index contributed by atoms with van der Waals surface area (Å²) in [6.45, 7) is 6.26. The van der Waals surface area contributed by atoms with E-state index in [2.05, 4.69) is 9.88 Å². The summed E-state index contributed by atoms with van der Waals surface area (Å²) in [5, 5.41) is 0.437. The molecule has 0 atom stereocenters. The zero-order chi connectivity index (χ0) is 19.4. The molecule has 0 saturated carbocycles. The number of rotatable bonds is 6. The zero-order valence-electron chi connectivity index (χ0n) is 15.6. The third-order valence-electron chi connectivity index (χ3n) is 4.49. The van der Waals surface area contributed by atoms with Crippen LogP contribution in [0.15, 0.2) is 34.2 Å². The van der Waals surface area contributed by atoms with Gasteiger partial charge in [-0.3, -0.25) is 4.90 Å². The molecule has 8 heteroatoms. The number of hydrogen-bond acceptors (Lipinski definition) is 7. The fourth-order valence-corrected chi connectivity index (χ4v) is 5.74. The zero-order valence-corrected chi connectivity index (χ0v) is 17.2. The SMILES string of the molecule is CCOC(=O)c1sc(CN2CCCCC2)nc1S(=O)(=O)c1ccc(C)cc1. The Kier molecular flexibility index (Phi) is 6.29. The summed E-state index contributed by atoms with van der Waals surface area (Å²) < 4.78 is 31.3. The van der Waals surface area contributed by atoms with Crippen LogP contribution in [0.3, 0.4) is 0 Å². The highest BCUT2D eigenvalue weighted by Gasteiger charge is 2.31. The molecule has 1 aliphatic heterocycles. The van der Waals surface area contributed by atoms with Crippen LogP contribution in [-0.4, -0.2) is 44.0 Å². The Morgan fingerprint density at radius 1 is 1.19 bits per heavy atom. The summed E-state index contributed by atoms with van der Waals surface area (Å²) in [6, 6.07) is 6.56. The Balaban J connectivity index is 1.98. The topological polar surface area (TPSA) is 76.6 Å². The molecule has 0 N–H and O–H groups in total. The van der Waals surface area contributed by atoms with E-state index in [0.717, 1.165) is 42.8 Å². The van der Waals surface area contributed by atoms with Crippen LogP contribution in [0.2, 0.25) is 0 Å². The van der Waals surface area contributed by atoms with E-state index >= 15 is 0 Å². The summed E-state index contributed by atoms with van der Waals surface area (Å²) in [6.07, 6.45) is 3.48. The van der Waals surface area contributed by atoms with E-state index in [4.69, 9.17) is 4.74 Å². The van der Waals surface area contributed by atoms with Crippen molar-refractivity contribution in [3.63, 3.8) is 0 Å². The summed E-state index contributed by atoms with van der Waals surface area (Å²) in [5.74, 6) is -0.634. The maximum absolute atomic E-state index is 13.1. The highest BCUT2D eigenvalue weighted by Crippen LogP contribution is 2.30. The van der Waals surface area contributed by atoms with Crippen molar-refractivity contribution in [2.45, 2.75) is 49.6 Å². The molecule has 27 heavy (non-hydrogen) atoms. The van der Waals surface area contributed by atoms with Gasteiger partial charge in [-0.2, -0.15) is 0 Å². The molecule has 1 saturated heterocycles. The van der Waals surface area contributed by atoms with Crippen molar-refractivity contribution >= 4 is 27.1 Å². The van der Waals surface area contributed by atoms with Gasteiger partial charge in [0.1, 0.15) is 5.01 Å². The Morgan fingerprint density at radius 2 is 1.85 bits per heavy atom. The second kappa shape index (κ2) is 8.50. The molecule has 1 aromatic heterocycles. The average molecular weight is 409 g/mol. The highest BCUT2D eigenvalue weighted by molar-refractivity contribution is 7.91. The van der Waals surface area contributed by atoms with Crippen LogP contribution in [0.5, 0.6) is 0 Å². The molecule has 146 valence electrons. The molecule has 1 aromatic carbocycles. The maximum Gasteiger partial charge on any atom is 0.351 e. The maximum atomic E-state index is 13.1. The van der Waals surface area contributed by atoms with Gasteiger partial charge in [0.2, 0.25) is 9.84 Å². The fourth-order valence-electron chi connectivity index (χ4n) is 3.06. The lowest BCUT2D eigenvalue weighted by Gasteiger charge is -2.25. The van der Waals surface area contributed by atoms with Crippen LogP contribution in [0, 0.1) is 6.92 Å². The monoisotopic (exact) mass is 408 g/mol. The lowest BCUT2D eigenvalue weighted by Crippen LogP contribution is -2.29. The molecule has 0 unspecified atom stereocenters. The van der Waals surface area contributed by atoms with E-state index in [1.54, 1.807) is 31.2 Å². The first-order valence-corrected chi connectivity index (χ1v) is 11.4. The number of aromatic nitrogens is 1. The Bertz CT molecular complexity index is 898. The number of sulfone groups is 1. The molecular formula is C19H24N2O4S2. The molecule has 0 radical (unpaired) electrons. The van der Waals surface area contributed by atoms with E-state index in [9.17, 15) is 13.2 Å². The quantitative estimate of drug-likeness (QED) is 0.682. The normalized spacial score (nSPS) is 15.6. The number of esters is 1. The van der Waals surface area contributed by atoms with E-state index in [1.807, 2.05) is 6.92 Å². The second-order valence-electron chi connectivity index (χ2n) is 6.62. The van der Waals surface area contributed by atoms with Crippen molar-refractivity contribution in [3.8, 4) is 0 Å². The summed E-state index contributed by atoms with van der Waals surface area (Å²) >= 11 is 1.12. The minimum atomic E-state index is -3.89. The van der Waals surface area contributed by atoms with Gasteiger partial charge in [-0.15, -0.1) is 11.3 Å². The van der Waals surface area contributed by atoms with Gasteiger partial charge in [0.15, 0.2) is 9.90 Å². The molecular weight excluding hydrogens is 384 g/mol. The molecule has 0 amide bonds. The van der Waals surface area contributed by atoms with E-state index in [1.165, 1.54) is 6.42 Å². The number of piperidine rings is 1. The lowest BCUT2D eigenvalue weighted by atomic mass is 10.1. The number of ether oxygens (including phenoxy) is 1. The van der Waals surface area contributed by atoms with Gasteiger partial charge < -0.3 is 4.74 Å². The van der Waals surface area contributed by atoms with Gasteiger partial charge in [0.25, 0.3) is 0 Å². The van der Waals surface area contributed by atoms with Crippen LogP contribution in [0.25, 0.3) is 0 Å². The molecule has 6 nitrogen and oxygen atoms in total. The van der Waals surface area contributed by atoms with Gasteiger partial charge in [-0.05, 0) is 51.9 Å². The first-order chi connectivity index (χ1) is 12.9. The highest BCUT2D eigenvalue weighted by atomic mass is 32.2. The molecule has 1 fully saturated rings. The summed E-state index contributed by atoms with van der Waals surface area (Å²) in [7, 11) is -3.89. The fraction of sp³-hybridized carbons (Fsp3) is 0.474. The molecule has 0 bridgehead atoms. The summed E-state index contributed by atoms with van der Waals surface area (Å²) in [4.78, 5) is 19.2.